The quantitative estimate of drug-likeness (QED) is 0.904. The first-order valence-electron chi connectivity index (χ1n) is 6.19. The molecule has 0 amide bonds. The highest BCUT2D eigenvalue weighted by molar-refractivity contribution is 7.10. The summed E-state index contributed by atoms with van der Waals surface area (Å²) < 4.78 is 13.8. The van der Waals surface area contributed by atoms with Crippen molar-refractivity contribution in [3.05, 3.63) is 57.0 Å². The predicted molar refractivity (Wildman–Crippen MR) is 75.4 cm³/mol. The minimum Gasteiger partial charge on any atom is -0.308 e. The van der Waals surface area contributed by atoms with Crippen LogP contribution in [0, 0.1) is 17.1 Å². The minimum absolute atomic E-state index is 0.102. The number of hydrogen-bond acceptors (Lipinski definition) is 3. The minimum atomic E-state index is -0.417. The molecule has 1 aromatic heterocycles. The lowest BCUT2D eigenvalue weighted by atomic mass is 10.1. The Hall–Kier alpha value is -1.70. The van der Waals surface area contributed by atoms with Gasteiger partial charge in [0.25, 0.3) is 0 Å². The summed E-state index contributed by atoms with van der Waals surface area (Å²) in [5.41, 5.74) is 1.97. The summed E-state index contributed by atoms with van der Waals surface area (Å²) in [6.07, 6.45) is 1.01. The number of halogens is 1. The van der Waals surface area contributed by atoms with Gasteiger partial charge in [-0.05, 0) is 29.5 Å². The third-order valence-corrected chi connectivity index (χ3v) is 3.98. The summed E-state index contributed by atoms with van der Waals surface area (Å²) in [7, 11) is 0. The zero-order chi connectivity index (χ0) is 13.7. The lowest BCUT2D eigenvalue weighted by molar-refractivity contribution is 0.585. The molecule has 0 aliphatic heterocycles. The van der Waals surface area contributed by atoms with Crippen molar-refractivity contribution in [3.8, 4) is 6.07 Å². The van der Waals surface area contributed by atoms with E-state index in [0.29, 0.717) is 12.1 Å². The molecule has 0 atom stereocenters. The molecule has 0 spiro atoms. The molecule has 19 heavy (non-hydrogen) atoms. The molecule has 0 unspecified atom stereocenters. The first-order valence-corrected chi connectivity index (χ1v) is 7.07. The normalized spacial score (nSPS) is 10.4. The van der Waals surface area contributed by atoms with E-state index < -0.39 is 5.82 Å². The Morgan fingerprint density at radius 3 is 2.84 bits per heavy atom. The van der Waals surface area contributed by atoms with Gasteiger partial charge in [0.1, 0.15) is 11.9 Å². The standard InChI is InChI=1S/C15H15FN2S/c1-2-11-6-7-19-14(11)10-18-9-13-5-3-4-12(8-17)15(13)16/h3-7,18H,2,9-10H2,1H3. The lowest BCUT2D eigenvalue weighted by Crippen LogP contribution is -2.14. The largest absolute Gasteiger partial charge is 0.308 e. The van der Waals surface area contributed by atoms with Gasteiger partial charge in [-0.1, -0.05) is 19.1 Å². The van der Waals surface area contributed by atoms with E-state index in [2.05, 4.69) is 23.7 Å². The van der Waals surface area contributed by atoms with E-state index in [1.807, 2.05) is 6.07 Å². The van der Waals surface area contributed by atoms with Gasteiger partial charge in [0.15, 0.2) is 0 Å². The van der Waals surface area contributed by atoms with Crippen molar-refractivity contribution in [3.63, 3.8) is 0 Å². The molecular formula is C15H15FN2S. The molecule has 2 aromatic rings. The zero-order valence-corrected chi connectivity index (χ0v) is 11.6. The van der Waals surface area contributed by atoms with Crippen molar-refractivity contribution >= 4 is 11.3 Å². The average molecular weight is 274 g/mol. The van der Waals surface area contributed by atoms with E-state index >= 15 is 0 Å². The van der Waals surface area contributed by atoms with Crippen LogP contribution in [0.4, 0.5) is 4.39 Å². The van der Waals surface area contributed by atoms with Crippen LogP contribution in [0.2, 0.25) is 0 Å². The molecule has 0 aliphatic rings. The SMILES string of the molecule is CCc1ccsc1CNCc1cccc(C#N)c1F. The second-order valence-corrected chi connectivity index (χ2v) is 5.22. The maximum Gasteiger partial charge on any atom is 0.145 e. The Bertz CT molecular complexity index is 598. The Morgan fingerprint density at radius 1 is 1.26 bits per heavy atom. The van der Waals surface area contributed by atoms with Crippen molar-refractivity contribution in [1.82, 2.24) is 5.32 Å². The molecule has 1 aromatic carbocycles. The van der Waals surface area contributed by atoms with Gasteiger partial charge >= 0.3 is 0 Å². The second-order valence-electron chi connectivity index (χ2n) is 4.22. The third-order valence-electron chi connectivity index (χ3n) is 3.02. The van der Waals surface area contributed by atoms with Crippen LogP contribution in [0.5, 0.6) is 0 Å². The molecule has 2 rings (SSSR count). The fourth-order valence-corrected chi connectivity index (χ4v) is 2.90. The number of nitrogens with one attached hydrogen (secondary N) is 1. The van der Waals surface area contributed by atoms with E-state index in [4.69, 9.17) is 5.26 Å². The van der Waals surface area contributed by atoms with Gasteiger partial charge in [-0.2, -0.15) is 5.26 Å². The highest BCUT2D eigenvalue weighted by Crippen LogP contribution is 2.17. The topological polar surface area (TPSA) is 35.8 Å². The smallest absolute Gasteiger partial charge is 0.145 e. The molecule has 0 saturated heterocycles. The Labute approximate surface area is 116 Å². The van der Waals surface area contributed by atoms with Crippen LogP contribution in [-0.4, -0.2) is 0 Å². The van der Waals surface area contributed by atoms with Crippen LogP contribution in [0.3, 0.4) is 0 Å². The van der Waals surface area contributed by atoms with Gasteiger partial charge in [0.2, 0.25) is 0 Å². The average Bonchev–Trinajstić information content (AvgIpc) is 2.88. The molecule has 0 saturated carbocycles. The third kappa shape index (κ3) is 3.19. The second kappa shape index (κ2) is 6.46. The summed E-state index contributed by atoms with van der Waals surface area (Å²) in [5.74, 6) is -0.417. The highest BCUT2D eigenvalue weighted by Gasteiger charge is 2.07. The summed E-state index contributed by atoms with van der Waals surface area (Å²) >= 11 is 1.71. The van der Waals surface area contributed by atoms with E-state index in [9.17, 15) is 4.39 Å². The first-order chi connectivity index (χ1) is 9.26. The summed E-state index contributed by atoms with van der Waals surface area (Å²) in [5, 5.41) is 14.1. The summed E-state index contributed by atoms with van der Waals surface area (Å²) in [6.45, 7) is 3.29. The van der Waals surface area contributed by atoms with Crippen LogP contribution < -0.4 is 5.32 Å². The van der Waals surface area contributed by atoms with Crippen molar-refractivity contribution in [2.24, 2.45) is 0 Å². The molecule has 1 heterocycles. The predicted octanol–water partition coefficient (Wildman–Crippen LogP) is 3.61. The maximum atomic E-state index is 13.8. The van der Waals surface area contributed by atoms with Gasteiger partial charge in [-0.15, -0.1) is 11.3 Å². The maximum absolute atomic E-state index is 13.8. The van der Waals surface area contributed by atoms with Crippen molar-refractivity contribution in [1.29, 1.82) is 5.26 Å². The molecule has 0 fully saturated rings. The summed E-state index contributed by atoms with van der Waals surface area (Å²) in [6, 6.07) is 8.89. The number of aryl methyl sites for hydroxylation is 1. The van der Waals surface area contributed by atoms with Crippen molar-refractivity contribution in [2.45, 2.75) is 26.4 Å². The Kier molecular flexibility index (Phi) is 4.67. The van der Waals surface area contributed by atoms with Crippen molar-refractivity contribution in [2.75, 3.05) is 0 Å². The molecular weight excluding hydrogens is 259 g/mol. The molecule has 4 heteroatoms. The lowest BCUT2D eigenvalue weighted by Gasteiger charge is -2.07. The van der Waals surface area contributed by atoms with Crippen LogP contribution in [-0.2, 0) is 19.5 Å². The van der Waals surface area contributed by atoms with Gasteiger partial charge in [-0.25, -0.2) is 4.39 Å². The number of nitriles is 1. The van der Waals surface area contributed by atoms with Gasteiger partial charge in [0, 0.05) is 23.5 Å². The fourth-order valence-electron chi connectivity index (χ4n) is 1.95. The Morgan fingerprint density at radius 2 is 2.11 bits per heavy atom. The number of benzene rings is 1. The number of thiophene rings is 1. The van der Waals surface area contributed by atoms with E-state index in [1.54, 1.807) is 23.5 Å². The zero-order valence-electron chi connectivity index (χ0n) is 10.7. The van der Waals surface area contributed by atoms with E-state index in [1.165, 1.54) is 16.5 Å². The molecule has 0 bridgehead atoms. The van der Waals surface area contributed by atoms with Gasteiger partial charge < -0.3 is 5.32 Å². The molecule has 0 aliphatic carbocycles. The molecule has 98 valence electrons. The van der Waals surface area contributed by atoms with E-state index in [-0.39, 0.29) is 5.56 Å². The number of nitrogens with zero attached hydrogens (tertiary/aromatic N) is 1. The Balaban J connectivity index is 1.99. The van der Waals surface area contributed by atoms with Gasteiger partial charge in [-0.3, -0.25) is 0 Å². The number of hydrogen-bond donors (Lipinski definition) is 1. The van der Waals surface area contributed by atoms with Crippen LogP contribution >= 0.6 is 11.3 Å². The molecule has 1 N–H and O–H groups in total. The molecule has 0 radical (unpaired) electrons. The molecule has 2 nitrogen and oxygen atoms in total. The van der Waals surface area contributed by atoms with Gasteiger partial charge in [0.05, 0.1) is 5.56 Å². The fraction of sp³-hybridized carbons (Fsp3) is 0.267. The highest BCUT2D eigenvalue weighted by atomic mass is 32.1. The van der Waals surface area contributed by atoms with Crippen LogP contribution in [0.1, 0.15) is 28.5 Å². The van der Waals surface area contributed by atoms with Crippen LogP contribution in [0.25, 0.3) is 0 Å². The summed E-state index contributed by atoms with van der Waals surface area (Å²) in [4.78, 5) is 1.29. The number of rotatable bonds is 5. The van der Waals surface area contributed by atoms with Crippen LogP contribution in [0.15, 0.2) is 29.6 Å². The first kappa shape index (κ1) is 13.7. The van der Waals surface area contributed by atoms with E-state index in [0.717, 1.165) is 13.0 Å². The monoisotopic (exact) mass is 274 g/mol. The van der Waals surface area contributed by atoms with Crippen molar-refractivity contribution < 1.29 is 4.39 Å².